The minimum Gasteiger partial charge on any atom is -0.496 e. The minimum absolute atomic E-state index is 0.0398. The molecule has 1 aromatic rings. The second-order valence-corrected chi connectivity index (χ2v) is 6.99. The van der Waals surface area contributed by atoms with E-state index in [9.17, 15) is 4.39 Å². The number of halogens is 1. The third-order valence-corrected chi connectivity index (χ3v) is 5.67. The summed E-state index contributed by atoms with van der Waals surface area (Å²) in [5.41, 5.74) is 7.68. The number of rotatable bonds is 7. The van der Waals surface area contributed by atoms with Gasteiger partial charge < -0.3 is 20.3 Å². The van der Waals surface area contributed by atoms with Crippen LogP contribution in [-0.4, -0.2) is 74.2 Å². The first-order chi connectivity index (χ1) is 12.2. The molecule has 0 radical (unpaired) electrons. The van der Waals surface area contributed by atoms with Gasteiger partial charge in [0.2, 0.25) is 0 Å². The highest BCUT2D eigenvalue weighted by Gasteiger charge is 2.33. The van der Waals surface area contributed by atoms with E-state index in [1.165, 1.54) is 19.2 Å². The highest BCUT2D eigenvalue weighted by Crippen LogP contribution is 2.39. The molecule has 1 saturated heterocycles. The molecule has 1 aromatic carbocycles. The van der Waals surface area contributed by atoms with Gasteiger partial charge in [0.05, 0.1) is 13.2 Å². The largest absolute Gasteiger partial charge is 0.496 e. The average molecular weight is 350 g/mol. The van der Waals surface area contributed by atoms with Gasteiger partial charge in [-0.3, -0.25) is 4.90 Å². The van der Waals surface area contributed by atoms with Gasteiger partial charge in [-0.25, -0.2) is 4.39 Å². The molecule has 140 valence electrons. The van der Waals surface area contributed by atoms with Crippen LogP contribution in [0.3, 0.4) is 0 Å². The molecule has 6 heteroatoms. The Kier molecular flexibility index (Phi) is 6.28. The number of piperazine rings is 1. The summed E-state index contributed by atoms with van der Waals surface area (Å²) in [6.45, 7) is 11.2. The second kappa shape index (κ2) is 8.45. The topological polar surface area (TPSA) is 45.0 Å². The Morgan fingerprint density at radius 1 is 1.16 bits per heavy atom. The number of methoxy groups -OCH3 is 1. The zero-order valence-electron chi connectivity index (χ0n) is 15.5. The summed E-state index contributed by atoms with van der Waals surface area (Å²) in [5, 5.41) is 0. The van der Waals surface area contributed by atoms with Crippen molar-refractivity contribution in [3.8, 4) is 5.75 Å². The number of nitrogens with two attached hydrogens (primary N) is 1. The molecule has 5 nitrogen and oxygen atoms in total. The van der Waals surface area contributed by atoms with Gasteiger partial charge in [-0.2, -0.15) is 0 Å². The number of likely N-dealkylation sites (N-methyl/N-ethyl adjacent to an activating group) is 1. The third-order valence-electron chi connectivity index (χ3n) is 5.67. The molecule has 1 fully saturated rings. The maximum Gasteiger partial charge on any atom is 0.128 e. The Hall–Kier alpha value is -1.21. The van der Waals surface area contributed by atoms with Crippen molar-refractivity contribution in [2.45, 2.75) is 25.9 Å². The third kappa shape index (κ3) is 3.97. The molecule has 0 amide bonds. The van der Waals surface area contributed by atoms with Gasteiger partial charge in [-0.05, 0) is 31.6 Å². The van der Waals surface area contributed by atoms with E-state index >= 15 is 0 Å². The number of ether oxygens (including phenoxy) is 1. The fourth-order valence-electron chi connectivity index (χ4n) is 4.15. The molecule has 1 unspecified atom stereocenters. The Morgan fingerprint density at radius 3 is 2.52 bits per heavy atom. The molecule has 25 heavy (non-hydrogen) atoms. The van der Waals surface area contributed by atoms with Gasteiger partial charge in [0.15, 0.2) is 0 Å². The molecule has 2 aliphatic heterocycles. The standard InChI is InChI=1S/C19H31FN4O/c1-3-22-9-11-23(12-10-22)7-4-8-24-14-15-18(25-2)6-5-16(20)19(15)17(24)13-21/h5-6,17H,3-4,7-14,21H2,1-2H3. The van der Waals surface area contributed by atoms with E-state index in [0.717, 1.165) is 62.6 Å². The molecule has 0 aliphatic carbocycles. The minimum atomic E-state index is -0.163. The van der Waals surface area contributed by atoms with E-state index in [0.29, 0.717) is 6.54 Å². The SMILES string of the molecule is CCN1CCN(CCCN2Cc3c(OC)ccc(F)c3C2CN)CC1. The summed E-state index contributed by atoms with van der Waals surface area (Å²) in [6, 6.07) is 3.18. The Morgan fingerprint density at radius 2 is 1.88 bits per heavy atom. The van der Waals surface area contributed by atoms with Crippen molar-refractivity contribution in [3.05, 3.63) is 29.1 Å². The molecule has 2 aliphatic rings. The fraction of sp³-hybridized carbons (Fsp3) is 0.684. The van der Waals surface area contributed by atoms with Crippen LogP contribution in [0.15, 0.2) is 12.1 Å². The first-order valence-corrected chi connectivity index (χ1v) is 9.42. The number of hydrogen-bond donors (Lipinski definition) is 1. The van der Waals surface area contributed by atoms with Crippen molar-refractivity contribution < 1.29 is 9.13 Å². The quantitative estimate of drug-likeness (QED) is 0.811. The van der Waals surface area contributed by atoms with Crippen LogP contribution < -0.4 is 10.5 Å². The smallest absolute Gasteiger partial charge is 0.128 e. The Bertz CT molecular complexity index is 575. The monoisotopic (exact) mass is 350 g/mol. The second-order valence-electron chi connectivity index (χ2n) is 6.99. The first kappa shape index (κ1) is 18.6. The van der Waals surface area contributed by atoms with Crippen molar-refractivity contribution in [1.29, 1.82) is 0 Å². The normalized spacial score (nSPS) is 22.3. The van der Waals surface area contributed by atoms with Crippen molar-refractivity contribution in [3.63, 3.8) is 0 Å². The van der Waals surface area contributed by atoms with Crippen molar-refractivity contribution in [1.82, 2.24) is 14.7 Å². The zero-order chi connectivity index (χ0) is 17.8. The lowest BCUT2D eigenvalue weighted by Gasteiger charge is -2.34. The number of benzene rings is 1. The molecule has 3 rings (SSSR count). The van der Waals surface area contributed by atoms with Crippen LogP contribution in [0, 0.1) is 5.82 Å². The van der Waals surface area contributed by atoms with Gasteiger partial charge in [-0.15, -0.1) is 0 Å². The van der Waals surface area contributed by atoms with Crippen molar-refractivity contribution in [2.75, 3.05) is 59.5 Å². The Labute approximate surface area is 150 Å². The zero-order valence-corrected chi connectivity index (χ0v) is 15.5. The number of hydrogen-bond acceptors (Lipinski definition) is 5. The van der Waals surface area contributed by atoms with Gasteiger partial charge in [0.25, 0.3) is 0 Å². The average Bonchev–Trinajstić information content (AvgIpc) is 3.02. The molecule has 0 spiro atoms. The summed E-state index contributed by atoms with van der Waals surface area (Å²) in [4.78, 5) is 7.33. The van der Waals surface area contributed by atoms with Crippen molar-refractivity contribution >= 4 is 0 Å². The van der Waals surface area contributed by atoms with E-state index < -0.39 is 0 Å². The van der Waals surface area contributed by atoms with Crippen LogP contribution in [0.2, 0.25) is 0 Å². The van der Waals surface area contributed by atoms with Gasteiger partial charge in [0.1, 0.15) is 11.6 Å². The van der Waals surface area contributed by atoms with Crippen LogP contribution in [0.5, 0.6) is 5.75 Å². The molecular formula is C19H31FN4O. The van der Waals surface area contributed by atoms with E-state index in [2.05, 4.69) is 21.6 Å². The van der Waals surface area contributed by atoms with Crippen LogP contribution in [-0.2, 0) is 6.54 Å². The first-order valence-electron chi connectivity index (χ1n) is 9.42. The van der Waals surface area contributed by atoms with Crippen LogP contribution >= 0.6 is 0 Å². The van der Waals surface area contributed by atoms with Gasteiger partial charge in [-0.1, -0.05) is 6.92 Å². The van der Waals surface area contributed by atoms with Gasteiger partial charge >= 0.3 is 0 Å². The summed E-state index contributed by atoms with van der Waals surface area (Å²) in [5.74, 6) is 0.609. The molecule has 2 heterocycles. The van der Waals surface area contributed by atoms with Crippen LogP contribution in [0.4, 0.5) is 4.39 Å². The maximum absolute atomic E-state index is 14.4. The maximum atomic E-state index is 14.4. The molecule has 0 saturated carbocycles. The summed E-state index contributed by atoms with van der Waals surface area (Å²) in [6.07, 6.45) is 1.08. The number of nitrogens with zero attached hydrogens (tertiary/aromatic N) is 3. The molecule has 0 bridgehead atoms. The van der Waals surface area contributed by atoms with E-state index in [1.54, 1.807) is 13.2 Å². The predicted molar refractivity (Wildman–Crippen MR) is 98.3 cm³/mol. The van der Waals surface area contributed by atoms with Crippen LogP contribution in [0.25, 0.3) is 0 Å². The summed E-state index contributed by atoms with van der Waals surface area (Å²) >= 11 is 0. The molecule has 2 N–H and O–H groups in total. The van der Waals surface area contributed by atoms with E-state index in [1.807, 2.05) is 0 Å². The fourth-order valence-corrected chi connectivity index (χ4v) is 4.15. The molecule has 0 aromatic heterocycles. The summed E-state index contributed by atoms with van der Waals surface area (Å²) in [7, 11) is 1.64. The van der Waals surface area contributed by atoms with E-state index in [4.69, 9.17) is 10.5 Å². The highest BCUT2D eigenvalue weighted by atomic mass is 19.1. The predicted octanol–water partition coefficient (Wildman–Crippen LogP) is 1.68. The van der Waals surface area contributed by atoms with Crippen molar-refractivity contribution in [2.24, 2.45) is 5.73 Å². The van der Waals surface area contributed by atoms with Crippen LogP contribution in [0.1, 0.15) is 30.5 Å². The molecule has 1 atom stereocenters. The number of fused-ring (bicyclic) bond motifs is 1. The summed E-state index contributed by atoms with van der Waals surface area (Å²) < 4.78 is 19.8. The lowest BCUT2D eigenvalue weighted by atomic mass is 10.0. The lowest BCUT2D eigenvalue weighted by molar-refractivity contribution is 0.127. The van der Waals surface area contributed by atoms with Gasteiger partial charge in [0, 0.05) is 56.9 Å². The molecular weight excluding hydrogens is 319 g/mol. The van der Waals surface area contributed by atoms with E-state index in [-0.39, 0.29) is 11.9 Å². The lowest BCUT2D eigenvalue weighted by Crippen LogP contribution is -2.46. The Balaban J connectivity index is 1.56. The highest BCUT2D eigenvalue weighted by molar-refractivity contribution is 5.45.